The molecule has 5 rings (SSSR count). The predicted octanol–water partition coefficient (Wildman–Crippen LogP) is 5.70. The van der Waals surface area contributed by atoms with Gasteiger partial charge in [0, 0.05) is 28.8 Å². The van der Waals surface area contributed by atoms with E-state index in [4.69, 9.17) is 0 Å². The van der Waals surface area contributed by atoms with Gasteiger partial charge in [0.15, 0.2) is 0 Å². The first kappa shape index (κ1) is 21.8. The molecule has 2 aromatic carbocycles. The third-order valence-electron chi connectivity index (χ3n) is 6.32. The van der Waals surface area contributed by atoms with Crippen LogP contribution in [0.25, 0.3) is 22.4 Å². The van der Waals surface area contributed by atoms with Gasteiger partial charge in [0.1, 0.15) is 11.6 Å². The lowest BCUT2D eigenvalue weighted by atomic mass is 9.88. The molecular formula is C27H27N5O2. The number of aromatic nitrogens is 3. The number of aryl methyl sites for hydroxylation is 1. The first-order chi connectivity index (χ1) is 16.5. The van der Waals surface area contributed by atoms with Gasteiger partial charge in [-0.2, -0.15) is 0 Å². The number of hydrogen-bond acceptors (Lipinski definition) is 4. The van der Waals surface area contributed by atoms with Gasteiger partial charge >= 0.3 is 0 Å². The molecule has 0 atom stereocenters. The average Bonchev–Trinajstić information content (AvgIpc) is 3.29. The zero-order valence-corrected chi connectivity index (χ0v) is 19.1. The lowest BCUT2D eigenvalue weighted by Crippen LogP contribution is -2.24. The Kier molecular flexibility index (Phi) is 6.08. The number of amides is 2. The minimum Gasteiger partial charge on any atom is -0.337 e. The number of carbonyl (C=O) groups excluding carboxylic acids is 2. The molecule has 0 aliphatic heterocycles. The standard InChI is InChI=1S/C27H27N5O2/c1-17-7-9-20(10-8-17)27(34)32-24-15-22-23(16-28-24)31-25(30-22)18-11-13-21(14-12-18)29-26(33)19-5-3-2-4-6-19/h7-16,19H,2-6H2,1H3,(H,29,33)(H,30,31)(H,28,32,34). The number of H-pyrrole nitrogens is 1. The molecule has 34 heavy (non-hydrogen) atoms. The van der Waals surface area contributed by atoms with Gasteiger partial charge in [0.2, 0.25) is 5.91 Å². The lowest BCUT2D eigenvalue weighted by Gasteiger charge is -2.20. The summed E-state index contributed by atoms with van der Waals surface area (Å²) < 4.78 is 0. The smallest absolute Gasteiger partial charge is 0.256 e. The van der Waals surface area contributed by atoms with Crippen LogP contribution in [0.4, 0.5) is 11.5 Å². The zero-order valence-electron chi connectivity index (χ0n) is 19.1. The summed E-state index contributed by atoms with van der Waals surface area (Å²) in [4.78, 5) is 37.2. The molecule has 1 aliphatic rings. The number of carbonyl (C=O) groups is 2. The van der Waals surface area contributed by atoms with Gasteiger partial charge < -0.3 is 15.6 Å². The molecule has 1 aliphatic carbocycles. The van der Waals surface area contributed by atoms with Crippen molar-refractivity contribution >= 4 is 34.4 Å². The molecule has 4 aromatic rings. The van der Waals surface area contributed by atoms with Crippen LogP contribution in [0.1, 0.15) is 48.0 Å². The summed E-state index contributed by atoms with van der Waals surface area (Å²) in [6, 6.07) is 16.8. The summed E-state index contributed by atoms with van der Waals surface area (Å²) in [5.74, 6) is 1.16. The van der Waals surface area contributed by atoms with Gasteiger partial charge in [0.05, 0.1) is 17.2 Å². The Bertz CT molecular complexity index is 1320. The summed E-state index contributed by atoms with van der Waals surface area (Å²) in [5, 5.41) is 5.87. The van der Waals surface area contributed by atoms with Crippen LogP contribution in [-0.2, 0) is 4.79 Å². The van der Waals surface area contributed by atoms with E-state index in [0.29, 0.717) is 22.7 Å². The minimum absolute atomic E-state index is 0.113. The topological polar surface area (TPSA) is 99.8 Å². The van der Waals surface area contributed by atoms with Crippen LogP contribution in [0, 0.1) is 12.8 Å². The molecule has 0 radical (unpaired) electrons. The van der Waals surface area contributed by atoms with Crippen molar-refractivity contribution in [3.05, 3.63) is 71.9 Å². The van der Waals surface area contributed by atoms with Crippen LogP contribution in [0.2, 0.25) is 0 Å². The fraction of sp³-hybridized carbons (Fsp3) is 0.259. The van der Waals surface area contributed by atoms with Crippen molar-refractivity contribution in [3.8, 4) is 11.4 Å². The fourth-order valence-electron chi connectivity index (χ4n) is 4.33. The second-order valence-corrected chi connectivity index (χ2v) is 8.89. The van der Waals surface area contributed by atoms with E-state index in [9.17, 15) is 9.59 Å². The van der Waals surface area contributed by atoms with Gasteiger partial charge in [-0.1, -0.05) is 37.0 Å². The van der Waals surface area contributed by atoms with E-state index in [0.717, 1.165) is 48.0 Å². The van der Waals surface area contributed by atoms with Crippen LogP contribution < -0.4 is 10.6 Å². The molecule has 7 nitrogen and oxygen atoms in total. The molecule has 0 bridgehead atoms. The maximum atomic E-state index is 12.5. The number of aromatic amines is 1. The molecule has 2 heterocycles. The highest BCUT2D eigenvalue weighted by Crippen LogP contribution is 2.26. The van der Waals surface area contributed by atoms with Gasteiger partial charge in [0.25, 0.3) is 5.91 Å². The van der Waals surface area contributed by atoms with Gasteiger partial charge in [-0.3, -0.25) is 9.59 Å². The van der Waals surface area contributed by atoms with Crippen molar-refractivity contribution in [2.45, 2.75) is 39.0 Å². The molecule has 0 saturated heterocycles. The summed E-state index contributed by atoms with van der Waals surface area (Å²) in [7, 11) is 0. The Labute approximate surface area is 198 Å². The fourth-order valence-corrected chi connectivity index (χ4v) is 4.33. The number of fused-ring (bicyclic) bond motifs is 1. The average molecular weight is 454 g/mol. The van der Waals surface area contributed by atoms with Crippen molar-refractivity contribution in [3.63, 3.8) is 0 Å². The normalized spacial score (nSPS) is 14.1. The Hall–Kier alpha value is -4.00. The van der Waals surface area contributed by atoms with E-state index in [1.807, 2.05) is 43.3 Å². The Balaban J connectivity index is 1.28. The van der Waals surface area contributed by atoms with Crippen molar-refractivity contribution in [1.29, 1.82) is 0 Å². The molecule has 2 amide bonds. The van der Waals surface area contributed by atoms with E-state index < -0.39 is 0 Å². The van der Waals surface area contributed by atoms with Crippen LogP contribution in [0.5, 0.6) is 0 Å². The molecule has 1 fully saturated rings. The van der Waals surface area contributed by atoms with Crippen molar-refractivity contribution < 1.29 is 9.59 Å². The second-order valence-electron chi connectivity index (χ2n) is 8.89. The van der Waals surface area contributed by atoms with E-state index in [-0.39, 0.29) is 17.7 Å². The maximum Gasteiger partial charge on any atom is 0.256 e. The van der Waals surface area contributed by atoms with Crippen molar-refractivity contribution in [1.82, 2.24) is 15.0 Å². The summed E-state index contributed by atoms with van der Waals surface area (Å²) in [6.45, 7) is 1.98. The number of nitrogens with zero attached hydrogens (tertiary/aromatic N) is 2. The second kappa shape index (κ2) is 9.47. The third kappa shape index (κ3) is 4.83. The SMILES string of the molecule is Cc1ccc(C(=O)Nc2cc3nc(-c4ccc(NC(=O)C5CCCCC5)cc4)[nH]c3cn2)cc1. The highest BCUT2D eigenvalue weighted by Gasteiger charge is 2.21. The highest BCUT2D eigenvalue weighted by atomic mass is 16.2. The molecule has 0 unspecified atom stereocenters. The minimum atomic E-state index is -0.214. The molecular weight excluding hydrogens is 426 g/mol. The quantitative estimate of drug-likeness (QED) is 0.361. The Morgan fingerprint density at radius 3 is 2.41 bits per heavy atom. The molecule has 1 saturated carbocycles. The number of imidazole rings is 1. The third-order valence-corrected chi connectivity index (χ3v) is 6.32. The number of rotatable bonds is 5. The Morgan fingerprint density at radius 1 is 0.941 bits per heavy atom. The predicted molar refractivity (Wildman–Crippen MR) is 134 cm³/mol. The van der Waals surface area contributed by atoms with Crippen molar-refractivity contribution in [2.24, 2.45) is 5.92 Å². The number of benzene rings is 2. The number of nitrogens with one attached hydrogen (secondary N) is 3. The summed E-state index contributed by atoms with van der Waals surface area (Å²) in [6.07, 6.45) is 7.11. The van der Waals surface area contributed by atoms with E-state index in [1.54, 1.807) is 24.4 Å². The zero-order chi connectivity index (χ0) is 23.5. The number of anilines is 2. The molecule has 2 aromatic heterocycles. The lowest BCUT2D eigenvalue weighted by molar-refractivity contribution is -0.120. The van der Waals surface area contributed by atoms with Crippen molar-refractivity contribution in [2.75, 3.05) is 10.6 Å². The molecule has 3 N–H and O–H groups in total. The molecule has 172 valence electrons. The molecule has 7 heteroatoms. The number of hydrogen-bond donors (Lipinski definition) is 3. The largest absolute Gasteiger partial charge is 0.337 e. The van der Waals surface area contributed by atoms with Crippen LogP contribution in [0.15, 0.2) is 60.8 Å². The van der Waals surface area contributed by atoms with E-state index in [2.05, 4.69) is 25.6 Å². The van der Waals surface area contributed by atoms with Gasteiger partial charge in [-0.25, -0.2) is 9.97 Å². The van der Waals surface area contributed by atoms with Gasteiger partial charge in [-0.05, 0) is 56.2 Å². The van der Waals surface area contributed by atoms with Crippen LogP contribution >= 0.6 is 0 Å². The molecule has 0 spiro atoms. The Morgan fingerprint density at radius 2 is 1.68 bits per heavy atom. The monoisotopic (exact) mass is 453 g/mol. The number of pyridine rings is 1. The first-order valence-electron chi connectivity index (χ1n) is 11.7. The van der Waals surface area contributed by atoms with Crippen LogP contribution in [0.3, 0.4) is 0 Å². The highest BCUT2D eigenvalue weighted by molar-refractivity contribution is 6.04. The van der Waals surface area contributed by atoms with Crippen LogP contribution in [-0.4, -0.2) is 26.8 Å². The first-order valence-corrected chi connectivity index (χ1v) is 11.7. The summed E-state index contributed by atoms with van der Waals surface area (Å²) in [5.41, 5.74) is 4.85. The van der Waals surface area contributed by atoms with E-state index in [1.165, 1.54) is 6.42 Å². The maximum absolute atomic E-state index is 12.5. The van der Waals surface area contributed by atoms with Gasteiger partial charge in [-0.15, -0.1) is 0 Å². The van der Waals surface area contributed by atoms with E-state index >= 15 is 0 Å². The summed E-state index contributed by atoms with van der Waals surface area (Å²) >= 11 is 0.